The number of hydrogen-bond donors (Lipinski definition) is 1. The van der Waals surface area contributed by atoms with Crippen molar-refractivity contribution in [1.29, 1.82) is 0 Å². The predicted molar refractivity (Wildman–Crippen MR) is 80.0 cm³/mol. The summed E-state index contributed by atoms with van der Waals surface area (Å²) in [7, 11) is 2.04. The van der Waals surface area contributed by atoms with Gasteiger partial charge in [-0.15, -0.1) is 0 Å². The van der Waals surface area contributed by atoms with E-state index in [2.05, 4.69) is 30.5 Å². The molecule has 3 aromatic rings. The molecule has 3 rings (SSSR count). The van der Waals surface area contributed by atoms with Crippen molar-refractivity contribution < 1.29 is 0 Å². The molecule has 3 heteroatoms. The number of imidazole rings is 1. The fraction of sp³-hybridized carbons (Fsp3) is 0.188. The van der Waals surface area contributed by atoms with E-state index in [4.69, 9.17) is 10.7 Å². The first-order valence-electron chi connectivity index (χ1n) is 6.36. The van der Waals surface area contributed by atoms with E-state index in [0.29, 0.717) is 0 Å². The second-order valence-corrected chi connectivity index (χ2v) is 5.00. The smallest absolute Gasteiger partial charge is 0.140 e. The van der Waals surface area contributed by atoms with Crippen LogP contribution < -0.4 is 5.73 Å². The molecule has 0 fully saturated rings. The zero-order valence-electron chi connectivity index (χ0n) is 11.4. The Bertz CT molecular complexity index is 769. The molecule has 0 bridgehead atoms. The molecule has 2 aromatic carbocycles. The SMILES string of the molecule is Cc1ccc2c(nc(-c3cccc(N)c3)n2C)c1C. The Morgan fingerprint density at radius 3 is 2.63 bits per heavy atom. The van der Waals surface area contributed by atoms with Gasteiger partial charge >= 0.3 is 0 Å². The van der Waals surface area contributed by atoms with Crippen molar-refractivity contribution in [2.45, 2.75) is 13.8 Å². The highest BCUT2D eigenvalue weighted by Crippen LogP contribution is 2.27. The number of aryl methyl sites for hydroxylation is 3. The first kappa shape index (κ1) is 11.8. The summed E-state index contributed by atoms with van der Waals surface area (Å²) >= 11 is 0. The molecule has 0 aliphatic rings. The summed E-state index contributed by atoms with van der Waals surface area (Å²) in [6.45, 7) is 4.23. The molecule has 0 radical (unpaired) electrons. The molecule has 3 nitrogen and oxygen atoms in total. The molecule has 0 saturated carbocycles. The molecule has 1 aromatic heterocycles. The Morgan fingerprint density at radius 2 is 1.89 bits per heavy atom. The third-order valence-electron chi connectivity index (χ3n) is 3.72. The van der Waals surface area contributed by atoms with Gasteiger partial charge < -0.3 is 10.3 Å². The van der Waals surface area contributed by atoms with Gasteiger partial charge in [-0.3, -0.25) is 0 Å². The number of benzene rings is 2. The molecule has 0 saturated heterocycles. The molecule has 19 heavy (non-hydrogen) atoms. The van der Waals surface area contributed by atoms with Gasteiger partial charge in [0.2, 0.25) is 0 Å². The minimum atomic E-state index is 0.762. The summed E-state index contributed by atoms with van der Waals surface area (Å²) in [5, 5.41) is 0. The van der Waals surface area contributed by atoms with E-state index in [1.165, 1.54) is 11.1 Å². The Hall–Kier alpha value is -2.29. The lowest BCUT2D eigenvalue weighted by molar-refractivity contribution is 0.959. The van der Waals surface area contributed by atoms with E-state index < -0.39 is 0 Å². The molecule has 0 amide bonds. The van der Waals surface area contributed by atoms with Gasteiger partial charge in [-0.25, -0.2) is 4.98 Å². The van der Waals surface area contributed by atoms with Crippen LogP contribution in [0.4, 0.5) is 5.69 Å². The van der Waals surface area contributed by atoms with Crippen LogP contribution in [-0.4, -0.2) is 9.55 Å². The predicted octanol–water partition coefficient (Wildman–Crippen LogP) is 3.44. The minimum absolute atomic E-state index is 0.762. The zero-order valence-corrected chi connectivity index (χ0v) is 11.4. The number of fused-ring (bicyclic) bond motifs is 1. The standard InChI is InChI=1S/C16H17N3/c1-10-7-8-14-15(11(10)2)18-16(19(14)3)12-5-4-6-13(17)9-12/h4-9H,17H2,1-3H3. The minimum Gasteiger partial charge on any atom is -0.399 e. The maximum Gasteiger partial charge on any atom is 0.140 e. The molecule has 1 heterocycles. The fourth-order valence-electron chi connectivity index (χ4n) is 2.43. The molecule has 2 N–H and O–H groups in total. The number of aromatic nitrogens is 2. The van der Waals surface area contributed by atoms with Gasteiger partial charge in [-0.1, -0.05) is 18.2 Å². The van der Waals surface area contributed by atoms with E-state index in [1.54, 1.807) is 0 Å². The van der Waals surface area contributed by atoms with Crippen LogP contribution in [0.5, 0.6) is 0 Å². The van der Waals surface area contributed by atoms with Gasteiger partial charge in [0.05, 0.1) is 11.0 Å². The summed E-state index contributed by atoms with van der Waals surface area (Å²) in [6.07, 6.45) is 0. The highest BCUT2D eigenvalue weighted by Gasteiger charge is 2.12. The zero-order chi connectivity index (χ0) is 13.6. The maximum atomic E-state index is 5.86. The van der Waals surface area contributed by atoms with Crippen LogP contribution in [0.25, 0.3) is 22.4 Å². The number of hydrogen-bond acceptors (Lipinski definition) is 2. The summed E-state index contributed by atoms with van der Waals surface area (Å²) in [6, 6.07) is 12.1. The van der Waals surface area contributed by atoms with Crippen LogP contribution in [-0.2, 0) is 7.05 Å². The second-order valence-electron chi connectivity index (χ2n) is 5.00. The first-order chi connectivity index (χ1) is 9.08. The monoisotopic (exact) mass is 251 g/mol. The largest absolute Gasteiger partial charge is 0.399 e. The lowest BCUT2D eigenvalue weighted by atomic mass is 10.1. The first-order valence-corrected chi connectivity index (χ1v) is 6.36. The third-order valence-corrected chi connectivity index (χ3v) is 3.72. The molecule has 0 aliphatic carbocycles. The highest BCUT2D eigenvalue weighted by atomic mass is 15.1. The number of nitrogens with zero attached hydrogens (tertiary/aromatic N) is 2. The quantitative estimate of drug-likeness (QED) is 0.673. The van der Waals surface area contributed by atoms with Crippen LogP contribution in [0.2, 0.25) is 0 Å². The topological polar surface area (TPSA) is 43.8 Å². The van der Waals surface area contributed by atoms with Crippen LogP contribution in [0.3, 0.4) is 0 Å². The molecule has 96 valence electrons. The van der Waals surface area contributed by atoms with Crippen molar-refractivity contribution in [3.63, 3.8) is 0 Å². The molecular weight excluding hydrogens is 234 g/mol. The molecule has 0 atom stereocenters. The molecular formula is C16H17N3. The van der Waals surface area contributed by atoms with E-state index in [9.17, 15) is 0 Å². The maximum absolute atomic E-state index is 5.86. The molecule has 0 unspecified atom stereocenters. The van der Waals surface area contributed by atoms with Crippen LogP contribution in [0.15, 0.2) is 36.4 Å². The molecule has 0 spiro atoms. The van der Waals surface area contributed by atoms with Crippen LogP contribution in [0.1, 0.15) is 11.1 Å². The van der Waals surface area contributed by atoms with E-state index >= 15 is 0 Å². The van der Waals surface area contributed by atoms with Gasteiger partial charge in [0, 0.05) is 18.3 Å². The lowest BCUT2D eigenvalue weighted by Crippen LogP contribution is -1.93. The number of anilines is 1. The lowest BCUT2D eigenvalue weighted by Gasteiger charge is -2.03. The Kier molecular flexibility index (Phi) is 2.56. The molecule has 0 aliphatic heterocycles. The van der Waals surface area contributed by atoms with Gasteiger partial charge in [0.15, 0.2) is 0 Å². The average molecular weight is 251 g/mol. The van der Waals surface area contributed by atoms with E-state index in [1.807, 2.05) is 31.3 Å². The summed E-state index contributed by atoms with van der Waals surface area (Å²) in [5.74, 6) is 0.955. The average Bonchev–Trinajstić information content (AvgIpc) is 2.72. The Morgan fingerprint density at radius 1 is 1.11 bits per heavy atom. The van der Waals surface area contributed by atoms with Gasteiger partial charge in [-0.05, 0) is 43.2 Å². The second kappa shape index (κ2) is 4.12. The van der Waals surface area contributed by atoms with Crippen molar-refractivity contribution in [3.8, 4) is 11.4 Å². The van der Waals surface area contributed by atoms with Crippen molar-refractivity contribution >= 4 is 16.7 Å². The van der Waals surface area contributed by atoms with Gasteiger partial charge in [0.25, 0.3) is 0 Å². The Balaban J connectivity index is 2.31. The van der Waals surface area contributed by atoms with Gasteiger partial charge in [0.1, 0.15) is 5.82 Å². The van der Waals surface area contributed by atoms with Crippen LogP contribution >= 0.6 is 0 Å². The van der Waals surface area contributed by atoms with Crippen LogP contribution in [0, 0.1) is 13.8 Å². The van der Waals surface area contributed by atoms with Crippen molar-refractivity contribution in [2.24, 2.45) is 7.05 Å². The summed E-state index contributed by atoms with van der Waals surface area (Å²) in [5.41, 5.74) is 12.4. The summed E-state index contributed by atoms with van der Waals surface area (Å²) in [4.78, 5) is 4.79. The summed E-state index contributed by atoms with van der Waals surface area (Å²) < 4.78 is 2.12. The third kappa shape index (κ3) is 1.78. The number of nitrogen functional groups attached to an aromatic ring is 1. The number of rotatable bonds is 1. The van der Waals surface area contributed by atoms with Crippen molar-refractivity contribution in [1.82, 2.24) is 9.55 Å². The normalized spacial score (nSPS) is 11.1. The van der Waals surface area contributed by atoms with E-state index in [0.717, 1.165) is 28.1 Å². The number of nitrogens with two attached hydrogens (primary N) is 1. The van der Waals surface area contributed by atoms with Crippen molar-refractivity contribution in [2.75, 3.05) is 5.73 Å². The fourth-order valence-corrected chi connectivity index (χ4v) is 2.43. The van der Waals surface area contributed by atoms with Crippen molar-refractivity contribution in [3.05, 3.63) is 47.5 Å². The van der Waals surface area contributed by atoms with E-state index in [-0.39, 0.29) is 0 Å². The Labute approximate surface area is 112 Å². The highest BCUT2D eigenvalue weighted by molar-refractivity contribution is 5.84. The van der Waals surface area contributed by atoms with Gasteiger partial charge in [-0.2, -0.15) is 0 Å².